The summed E-state index contributed by atoms with van der Waals surface area (Å²) < 4.78 is 0. The lowest BCUT2D eigenvalue weighted by Crippen LogP contribution is -2.29. The van der Waals surface area contributed by atoms with Crippen molar-refractivity contribution in [1.29, 1.82) is 0 Å². The number of amides is 2. The second-order valence-electron chi connectivity index (χ2n) is 7.10. The number of benzene rings is 1. The molecule has 1 aliphatic rings. The van der Waals surface area contributed by atoms with Crippen LogP contribution in [0.5, 0.6) is 0 Å². The van der Waals surface area contributed by atoms with E-state index in [1.807, 2.05) is 11.0 Å². The van der Waals surface area contributed by atoms with Gasteiger partial charge in [0.15, 0.2) is 0 Å². The molecule has 152 valence electrons. The molecule has 2 aromatic heterocycles. The third-order valence-corrected chi connectivity index (χ3v) is 5.81. The number of hydrogen-bond donors (Lipinski definition) is 1. The van der Waals surface area contributed by atoms with Crippen molar-refractivity contribution >= 4 is 28.8 Å². The standard InChI is InChI=1S/C22H21N5O2S/c1-2-21(28)25-17-5-3-16(4-6-17)22(29)27-10-8-15(13-27)11-20-24-9-7-18(26-20)19-12-23-14-30-19/h2-7,9,12,14-15H,1,8,10-11,13H2,(H,25,28)/t15-/m0/s1. The molecule has 7 nitrogen and oxygen atoms in total. The molecule has 0 aliphatic carbocycles. The Balaban J connectivity index is 1.36. The Labute approximate surface area is 178 Å². The SMILES string of the molecule is C=CC(=O)Nc1ccc(C(=O)N2CC[C@@H](Cc3nccc(-c4cncs4)n3)C2)cc1. The third kappa shape index (κ3) is 4.60. The Bertz CT molecular complexity index is 1050. The van der Waals surface area contributed by atoms with Crippen LogP contribution in [-0.2, 0) is 11.2 Å². The first-order chi connectivity index (χ1) is 14.6. The number of thiazole rings is 1. The number of rotatable bonds is 6. The molecule has 1 saturated heterocycles. The van der Waals surface area contributed by atoms with Gasteiger partial charge < -0.3 is 10.2 Å². The normalized spacial score (nSPS) is 15.7. The number of nitrogens with one attached hydrogen (secondary N) is 1. The highest BCUT2D eigenvalue weighted by Crippen LogP contribution is 2.24. The Hall–Kier alpha value is -3.39. The molecule has 3 aromatic rings. The van der Waals surface area contributed by atoms with Crippen LogP contribution < -0.4 is 5.32 Å². The zero-order chi connectivity index (χ0) is 20.9. The Kier molecular flexibility index (Phi) is 5.94. The molecule has 8 heteroatoms. The minimum atomic E-state index is -0.280. The Morgan fingerprint density at radius 2 is 2.10 bits per heavy atom. The quantitative estimate of drug-likeness (QED) is 0.619. The van der Waals surface area contributed by atoms with E-state index < -0.39 is 0 Å². The predicted molar refractivity (Wildman–Crippen MR) is 116 cm³/mol. The molecular formula is C22H21N5O2S. The maximum absolute atomic E-state index is 12.8. The lowest BCUT2D eigenvalue weighted by atomic mass is 10.0. The van der Waals surface area contributed by atoms with Gasteiger partial charge in [-0.05, 0) is 48.7 Å². The number of carbonyl (C=O) groups excluding carboxylic acids is 2. The Morgan fingerprint density at radius 3 is 2.83 bits per heavy atom. The van der Waals surface area contributed by atoms with Gasteiger partial charge in [0.2, 0.25) is 5.91 Å². The monoisotopic (exact) mass is 419 g/mol. The smallest absolute Gasteiger partial charge is 0.253 e. The van der Waals surface area contributed by atoms with Gasteiger partial charge in [-0.2, -0.15) is 0 Å². The second kappa shape index (κ2) is 8.96. The molecule has 0 bridgehead atoms. The summed E-state index contributed by atoms with van der Waals surface area (Å²) in [5, 5.41) is 2.68. The van der Waals surface area contributed by atoms with Gasteiger partial charge in [-0.3, -0.25) is 14.6 Å². The first kappa shape index (κ1) is 19.9. The van der Waals surface area contributed by atoms with E-state index in [2.05, 4.69) is 26.8 Å². The highest BCUT2D eigenvalue weighted by atomic mass is 32.1. The van der Waals surface area contributed by atoms with Gasteiger partial charge in [0.25, 0.3) is 5.91 Å². The largest absolute Gasteiger partial charge is 0.338 e. The first-order valence-corrected chi connectivity index (χ1v) is 10.5. The van der Waals surface area contributed by atoms with Crippen molar-refractivity contribution in [3.8, 4) is 10.6 Å². The summed E-state index contributed by atoms with van der Waals surface area (Å²) in [5.74, 6) is 0.843. The van der Waals surface area contributed by atoms with Crippen LogP contribution in [0, 0.1) is 5.92 Å². The highest BCUT2D eigenvalue weighted by Gasteiger charge is 2.27. The minimum Gasteiger partial charge on any atom is -0.338 e. The van der Waals surface area contributed by atoms with Gasteiger partial charge in [0.05, 0.1) is 16.1 Å². The van der Waals surface area contributed by atoms with Crippen LogP contribution in [0.4, 0.5) is 5.69 Å². The van der Waals surface area contributed by atoms with E-state index in [-0.39, 0.29) is 11.8 Å². The van der Waals surface area contributed by atoms with Crippen molar-refractivity contribution in [2.75, 3.05) is 18.4 Å². The summed E-state index contributed by atoms with van der Waals surface area (Å²) in [5.41, 5.74) is 3.92. The molecule has 0 radical (unpaired) electrons. The molecule has 0 spiro atoms. The average Bonchev–Trinajstić information content (AvgIpc) is 3.46. The number of carbonyl (C=O) groups is 2. The Morgan fingerprint density at radius 1 is 1.27 bits per heavy atom. The van der Waals surface area contributed by atoms with Crippen molar-refractivity contribution < 1.29 is 9.59 Å². The molecule has 3 heterocycles. The summed E-state index contributed by atoms with van der Waals surface area (Å²) in [4.78, 5) is 40.3. The molecule has 0 saturated carbocycles. The number of likely N-dealkylation sites (tertiary alicyclic amines) is 1. The van der Waals surface area contributed by atoms with Crippen molar-refractivity contribution in [2.45, 2.75) is 12.8 Å². The van der Waals surface area contributed by atoms with E-state index >= 15 is 0 Å². The number of nitrogens with zero attached hydrogens (tertiary/aromatic N) is 4. The fourth-order valence-electron chi connectivity index (χ4n) is 3.49. The molecule has 30 heavy (non-hydrogen) atoms. The summed E-state index contributed by atoms with van der Waals surface area (Å²) in [6, 6.07) is 8.80. The van der Waals surface area contributed by atoms with Gasteiger partial charge in [-0.25, -0.2) is 9.97 Å². The molecular weight excluding hydrogens is 398 g/mol. The van der Waals surface area contributed by atoms with Crippen molar-refractivity contribution in [2.24, 2.45) is 5.92 Å². The highest BCUT2D eigenvalue weighted by molar-refractivity contribution is 7.13. The van der Waals surface area contributed by atoms with Crippen LogP contribution in [0.25, 0.3) is 10.6 Å². The first-order valence-electron chi connectivity index (χ1n) is 9.66. The van der Waals surface area contributed by atoms with Crippen LogP contribution in [0.1, 0.15) is 22.6 Å². The van der Waals surface area contributed by atoms with Crippen LogP contribution in [-0.4, -0.2) is 44.8 Å². The van der Waals surface area contributed by atoms with Crippen LogP contribution >= 0.6 is 11.3 Å². The van der Waals surface area contributed by atoms with E-state index in [9.17, 15) is 9.59 Å². The van der Waals surface area contributed by atoms with Gasteiger partial charge in [0, 0.05) is 43.2 Å². The van der Waals surface area contributed by atoms with Gasteiger partial charge in [-0.1, -0.05) is 6.58 Å². The summed E-state index contributed by atoms with van der Waals surface area (Å²) in [7, 11) is 0. The number of anilines is 1. The lowest BCUT2D eigenvalue weighted by molar-refractivity contribution is -0.111. The van der Waals surface area contributed by atoms with Gasteiger partial charge in [-0.15, -0.1) is 11.3 Å². The van der Waals surface area contributed by atoms with Crippen molar-refractivity contribution in [3.63, 3.8) is 0 Å². The lowest BCUT2D eigenvalue weighted by Gasteiger charge is -2.17. The van der Waals surface area contributed by atoms with E-state index in [0.717, 1.165) is 29.2 Å². The maximum Gasteiger partial charge on any atom is 0.253 e. The summed E-state index contributed by atoms with van der Waals surface area (Å²) in [6.45, 7) is 4.82. The fourth-order valence-corrected chi connectivity index (χ4v) is 4.08. The maximum atomic E-state index is 12.8. The fraction of sp³-hybridized carbons (Fsp3) is 0.227. The number of aromatic nitrogens is 3. The predicted octanol–water partition coefficient (Wildman–Crippen LogP) is 3.43. The molecule has 1 aliphatic heterocycles. The third-order valence-electron chi connectivity index (χ3n) is 5.02. The van der Waals surface area contributed by atoms with Gasteiger partial charge in [0.1, 0.15) is 5.82 Å². The van der Waals surface area contributed by atoms with Crippen LogP contribution in [0.3, 0.4) is 0 Å². The van der Waals surface area contributed by atoms with E-state index in [1.54, 1.807) is 53.5 Å². The van der Waals surface area contributed by atoms with E-state index in [1.165, 1.54) is 6.08 Å². The second-order valence-corrected chi connectivity index (χ2v) is 7.99. The van der Waals surface area contributed by atoms with Crippen LogP contribution in [0.2, 0.25) is 0 Å². The molecule has 1 fully saturated rings. The van der Waals surface area contributed by atoms with E-state index in [0.29, 0.717) is 30.3 Å². The molecule has 1 atom stereocenters. The van der Waals surface area contributed by atoms with E-state index in [4.69, 9.17) is 0 Å². The van der Waals surface area contributed by atoms with Crippen LogP contribution in [0.15, 0.2) is 60.9 Å². The molecule has 1 N–H and O–H groups in total. The summed E-state index contributed by atoms with van der Waals surface area (Å²) >= 11 is 1.55. The molecule has 1 aromatic carbocycles. The average molecular weight is 420 g/mol. The van der Waals surface area contributed by atoms with Crippen molar-refractivity contribution in [3.05, 3.63) is 72.3 Å². The zero-order valence-electron chi connectivity index (χ0n) is 16.3. The zero-order valence-corrected chi connectivity index (χ0v) is 17.1. The van der Waals surface area contributed by atoms with Crippen molar-refractivity contribution in [1.82, 2.24) is 19.9 Å². The van der Waals surface area contributed by atoms with Gasteiger partial charge >= 0.3 is 0 Å². The molecule has 0 unspecified atom stereocenters. The molecule has 2 amide bonds. The minimum absolute atomic E-state index is 0.00146. The molecule has 4 rings (SSSR count). The topological polar surface area (TPSA) is 88.1 Å². The number of hydrogen-bond acceptors (Lipinski definition) is 6. The summed E-state index contributed by atoms with van der Waals surface area (Å²) in [6.07, 6.45) is 6.46.